The van der Waals surface area contributed by atoms with E-state index in [0.29, 0.717) is 17.2 Å². The van der Waals surface area contributed by atoms with E-state index in [1.807, 2.05) is 22.9 Å². The number of benzene rings is 2. The second kappa shape index (κ2) is 6.37. The maximum Gasteiger partial charge on any atom is 0.161 e. The lowest BCUT2D eigenvalue weighted by Crippen LogP contribution is -2.01. The average molecular weight is 353 g/mol. The molecular weight excluding hydrogens is 333 g/mol. The third-order valence-corrected chi connectivity index (χ3v) is 4.67. The molecule has 3 aromatic rings. The number of ether oxygens (including phenoxy) is 2. The molecule has 1 aliphatic carbocycles. The maximum absolute atomic E-state index is 13.5. The summed E-state index contributed by atoms with van der Waals surface area (Å²) in [6.07, 6.45) is 0.739. The SMILES string of the molecule is CCn1nc(Nc2cccc(F)c2)c2c1-c1cc(OC)c(OC)cc1C2. The number of halogens is 1. The van der Waals surface area contributed by atoms with Gasteiger partial charge in [0.25, 0.3) is 0 Å². The van der Waals surface area contributed by atoms with Crippen molar-refractivity contribution >= 4 is 11.5 Å². The summed E-state index contributed by atoms with van der Waals surface area (Å²) in [5.41, 5.74) is 5.11. The normalized spacial score (nSPS) is 11.8. The molecule has 0 radical (unpaired) electrons. The van der Waals surface area contributed by atoms with Gasteiger partial charge in [0.15, 0.2) is 17.3 Å². The van der Waals surface area contributed by atoms with Gasteiger partial charge < -0.3 is 14.8 Å². The summed E-state index contributed by atoms with van der Waals surface area (Å²) in [5.74, 6) is 1.88. The summed E-state index contributed by atoms with van der Waals surface area (Å²) in [4.78, 5) is 0. The Morgan fingerprint density at radius 1 is 1.15 bits per heavy atom. The van der Waals surface area contributed by atoms with E-state index in [0.717, 1.165) is 35.6 Å². The molecule has 6 heteroatoms. The highest BCUT2D eigenvalue weighted by Crippen LogP contribution is 2.45. The van der Waals surface area contributed by atoms with Crippen molar-refractivity contribution < 1.29 is 13.9 Å². The maximum atomic E-state index is 13.5. The lowest BCUT2D eigenvalue weighted by molar-refractivity contribution is 0.355. The third kappa shape index (κ3) is 2.58. The number of hydrogen-bond acceptors (Lipinski definition) is 4. The molecule has 1 N–H and O–H groups in total. The van der Waals surface area contributed by atoms with E-state index in [1.54, 1.807) is 20.3 Å². The van der Waals surface area contributed by atoms with Crippen LogP contribution in [0.3, 0.4) is 0 Å². The van der Waals surface area contributed by atoms with E-state index < -0.39 is 0 Å². The fraction of sp³-hybridized carbons (Fsp3) is 0.250. The molecule has 0 fully saturated rings. The number of anilines is 2. The first kappa shape index (κ1) is 16.4. The molecule has 26 heavy (non-hydrogen) atoms. The predicted octanol–water partition coefficient (Wildman–Crippen LogP) is 4.37. The number of rotatable bonds is 5. The van der Waals surface area contributed by atoms with Crippen molar-refractivity contribution in [2.45, 2.75) is 19.9 Å². The van der Waals surface area contributed by atoms with E-state index in [1.165, 1.54) is 17.7 Å². The van der Waals surface area contributed by atoms with Crippen LogP contribution in [0.1, 0.15) is 18.1 Å². The zero-order valence-corrected chi connectivity index (χ0v) is 15.0. The lowest BCUT2D eigenvalue weighted by atomic mass is 10.1. The molecule has 134 valence electrons. The van der Waals surface area contributed by atoms with Gasteiger partial charge in [0.2, 0.25) is 0 Å². The fourth-order valence-corrected chi connectivity index (χ4v) is 3.48. The highest BCUT2D eigenvalue weighted by molar-refractivity contribution is 5.82. The Labute approximate surface area is 151 Å². The van der Waals surface area contributed by atoms with Gasteiger partial charge in [-0.15, -0.1) is 0 Å². The Hall–Kier alpha value is -3.02. The molecule has 0 spiro atoms. The van der Waals surface area contributed by atoms with Crippen LogP contribution in [0.2, 0.25) is 0 Å². The van der Waals surface area contributed by atoms with Gasteiger partial charge >= 0.3 is 0 Å². The number of methoxy groups -OCH3 is 2. The van der Waals surface area contributed by atoms with Gasteiger partial charge in [0, 0.05) is 29.8 Å². The quantitative estimate of drug-likeness (QED) is 0.579. The molecule has 0 unspecified atom stereocenters. The van der Waals surface area contributed by atoms with Crippen LogP contribution in [-0.2, 0) is 13.0 Å². The summed E-state index contributed by atoms with van der Waals surface area (Å²) in [5, 5.41) is 7.94. The number of aromatic nitrogens is 2. The molecule has 2 aromatic carbocycles. The zero-order valence-electron chi connectivity index (χ0n) is 15.0. The highest BCUT2D eigenvalue weighted by atomic mass is 19.1. The Morgan fingerprint density at radius 3 is 2.62 bits per heavy atom. The van der Waals surface area contributed by atoms with Gasteiger partial charge in [-0.05, 0) is 42.8 Å². The summed E-state index contributed by atoms with van der Waals surface area (Å²) < 4.78 is 26.4. The number of fused-ring (bicyclic) bond motifs is 3. The zero-order chi connectivity index (χ0) is 18.3. The van der Waals surface area contributed by atoms with Crippen LogP contribution in [0.15, 0.2) is 36.4 Å². The Kier molecular flexibility index (Phi) is 4.03. The highest BCUT2D eigenvalue weighted by Gasteiger charge is 2.29. The van der Waals surface area contributed by atoms with Crippen molar-refractivity contribution in [3.63, 3.8) is 0 Å². The van der Waals surface area contributed by atoms with Crippen LogP contribution in [0.5, 0.6) is 11.5 Å². The predicted molar refractivity (Wildman–Crippen MR) is 98.9 cm³/mol. The van der Waals surface area contributed by atoms with E-state index in [4.69, 9.17) is 9.47 Å². The topological polar surface area (TPSA) is 48.3 Å². The summed E-state index contributed by atoms with van der Waals surface area (Å²) in [6, 6.07) is 10.4. The third-order valence-electron chi connectivity index (χ3n) is 4.67. The van der Waals surface area contributed by atoms with Crippen LogP contribution in [0, 0.1) is 5.82 Å². The Bertz CT molecular complexity index is 981. The molecule has 0 aliphatic heterocycles. The van der Waals surface area contributed by atoms with Crippen molar-refractivity contribution in [1.29, 1.82) is 0 Å². The first-order chi connectivity index (χ1) is 12.6. The minimum atomic E-state index is -0.278. The molecule has 0 saturated carbocycles. The van der Waals surface area contributed by atoms with Crippen molar-refractivity contribution in [3.8, 4) is 22.8 Å². The van der Waals surface area contributed by atoms with Gasteiger partial charge in [0.1, 0.15) is 5.82 Å². The minimum Gasteiger partial charge on any atom is -0.493 e. The molecule has 1 aliphatic rings. The molecule has 5 nitrogen and oxygen atoms in total. The summed E-state index contributed by atoms with van der Waals surface area (Å²) in [6.45, 7) is 2.79. The number of nitrogens with zero attached hydrogens (tertiary/aromatic N) is 2. The van der Waals surface area contributed by atoms with Gasteiger partial charge in [-0.3, -0.25) is 4.68 Å². The first-order valence-corrected chi connectivity index (χ1v) is 8.52. The largest absolute Gasteiger partial charge is 0.493 e. The Balaban J connectivity index is 1.80. The van der Waals surface area contributed by atoms with Gasteiger partial charge in [-0.2, -0.15) is 5.10 Å². The van der Waals surface area contributed by atoms with E-state index in [2.05, 4.69) is 17.3 Å². The summed E-state index contributed by atoms with van der Waals surface area (Å²) >= 11 is 0. The molecule has 1 aromatic heterocycles. The van der Waals surface area contributed by atoms with Gasteiger partial charge in [-0.25, -0.2) is 4.39 Å². The second-order valence-electron chi connectivity index (χ2n) is 6.17. The first-order valence-electron chi connectivity index (χ1n) is 8.52. The number of nitrogens with one attached hydrogen (secondary N) is 1. The van der Waals surface area contributed by atoms with Crippen molar-refractivity contribution in [1.82, 2.24) is 9.78 Å². The number of aryl methyl sites for hydroxylation is 1. The van der Waals surface area contributed by atoms with E-state index in [9.17, 15) is 4.39 Å². The van der Waals surface area contributed by atoms with E-state index >= 15 is 0 Å². The molecule has 0 saturated heterocycles. The monoisotopic (exact) mass is 353 g/mol. The molecular formula is C20H20FN3O2. The molecule has 0 amide bonds. The van der Waals surface area contributed by atoms with Crippen LogP contribution in [-0.4, -0.2) is 24.0 Å². The van der Waals surface area contributed by atoms with Gasteiger partial charge in [-0.1, -0.05) is 6.07 Å². The van der Waals surface area contributed by atoms with Crippen LogP contribution >= 0.6 is 0 Å². The average Bonchev–Trinajstić information content (AvgIpc) is 3.17. The fourth-order valence-electron chi connectivity index (χ4n) is 3.48. The number of hydrogen-bond donors (Lipinski definition) is 1. The molecule has 0 bridgehead atoms. The van der Waals surface area contributed by atoms with Crippen molar-refractivity contribution in [2.24, 2.45) is 0 Å². The van der Waals surface area contributed by atoms with Gasteiger partial charge in [0.05, 0.1) is 19.9 Å². The van der Waals surface area contributed by atoms with Crippen molar-refractivity contribution in [2.75, 3.05) is 19.5 Å². The van der Waals surface area contributed by atoms with E-state index in [-0.39, 0.29) is 5.82 Å². The molecule has 0 atom stereocenters. The Morgan fingerprint density at radius 2 is 1.92 bits per heavy atom. The second-order valence-corrected chi connectivity index (χ2v) is 6.17. The van der Waals surface area contributed by atoms with Crippen LogP contribution < -0.4 is 14.8 Å². The minimum absolute atomic E-state index is 0.278. The lowest BCUT2D eigenvalue weighted by Gasteiger charge is -2.11. The van der Waals surface area contributed by atoms with Crippen molar-refractivity contribution in [3.05, 3.63) is 53.3 Å². The smallest absolute Gasteiger partial charge is 0.161 e. The molecule has 1 heterocycles. The molecule has 4 rings (SSSR count). The van der Waals surface area contributed by atoms with Crippen LogP contribution in [0.25, 0.3) is 11.3 Å². The summed E-state index contributed by atoms with van der Waals surface area (Å²) in [7, 11) is 3.27. The van der Waals surface area contributed by atoms with Crippen LogP contribution in [0.4, 0.5) is 15.9 Å². The standard InChI is InChI=1S/C20H20FN3O2/c1-4-24-19-15-11-18(26-3)17(25-2)9-12(15)8-16(19)20(23-24)22-14-7-5-6-13(21)10-14/h5-7,9-11H,4,8H2,1-3H3,(H,22,23).